The van der Waals surface area contributed by atoms with Crippen LogP contribution in [0.1, 0.15) is 38.2 Å². The van der Waals surface area contributed by atoms with Gasteiger partial charge in [-0.15, -0.1) is 0 Å². The number of rotatable bonds is 4. The van der Waals surface area contributed by atoms with Gasteiger partial charge in [-0.3, -0.25) is 0 Å². The van der Waals surface area contributed by atoms with Gasteiger partial charge in [-0.1, -0.05) is 12.1 Å². The molecule has 0 spiro atoms. The molecule has 0 bridgehead atoms. The zero-order valence-corrected chi connectivity index (χ0v) is 14.0. The average molecular weight is 304 g/mol. The van der Waals surface area contributed by atoms with Crippen LogP contribution in [0.4, 0.5) is 0 Å². The van der Waals surface area contributed by atoms with Gasteiger partial charge in [-0.25, -0.2) is 0 Å². The zero-order chi connectivity index (χ0) is 15.6. The van der Waals surface area contributed by atoms with Crippen LogP contribution in [0.15, 0.2) is 18.2 Å². The minimum atomic E-state index is -0.00463. The third kappa shape index (κ3) is 3.08. The highest BCUT2D eigenvalue weighted by Gasteiger charge is 2.34. The molecule has 0 aliphatic carbocycles. The normalized spacial score (nSPS) is 27.0. The fourth-order valence-corrected chi connectivity index (χ4v) is 3.63. The Bertz CT molecular complexity index is 504. The molecule has 0 saturated carbocycles. The Morgan fingerprint density at radius 2 is 2.05 bits per heavy atom. The van der Waals surface area contributed by atoms with Crippen LogP contribution in [0.5, 0.6) is 11.5 Å². The van der Waals surface area contributed by atoms with Crippen LogP contribution >= 0.6 is 0 Å². The van der Waals surface area contributed by atoms with Crippen molar-refractivity contribution in [3.8, 4) is 11.5 Å². The maximum absolute atomic E-state index is 6.44. The van der Waals surface area contributed by atoms with Gasteiger partial charge < -0.3 is 19.7 Å². The van der Waals surface area contributed by atoms with Crippen molar-refractivity contribution in [1.82, 2.24) is 10.2 Å². The summed E-state index contributed by atoms with van der Waals surface area (Å²) < 4.78 is 12.0. The van der Waals surface area contributed by atoms with Crippen molar-refractivity contribution in [3.05, 3.63) is 23.8 Å². The molecule has 2 aliphatic heterocycles. The largest absolute Gasteiger partial charge is 0.493 e. The van der Waals surface area contributed by atoms with Crippen LogP contribution in [0.3, 0.4) is 0 Å². The molecule has 4 nitrogen and oxygen atoms in total. The Kier molecular flexibility index (Phi) is 4.59. The van der Waals surface area contributed by atoms with Crippen LogP contribution in [0.25, 0.3) is 0 Å². The first-order valence-corrected chi connectivity index (χ1v) is 8.40. The predicted octanol–water partition coefficient (Wildman–Crippen LogP) is 2.77. The number of likely N-dealkylation sites (tertiary alicyclic amines) is 1. The van der Waals surface area contributed by atoms with Crippen molar-refractivity contribution in [2.24, 2.45) is 0 Å². The molecule has 0 amide bonds. The maximum Gasteiger partial charge on any atom is 0.166 e. The Balaban J connectivity index is 1.87. The Hall–Kier alpha value is -1.26. The molecule has 0 radical (unpaired) electrons. The van der Waals surface area contributed by atoms with Gasteiger partial charge in [-0.2, -0.15) is 0 Å². The molecule has 2 fully saturated rings. The second-order valence-electron chi connectivity index (χ2n) is 6.82. The Morgan fingerprint density at radius 3 is 2.68 bits per heavy atom. The summed E-state index contributed by atoms with van der Waals surface area (Å²) >= 11 is 0. The molecule has 3 rings (SSSR count). The lowest BCUT2D eigenvalue weighted by Crippen LogP contribution is -2.37. The lowest BCUT2D eigenvalue weighted by molar-refractivity contribution is 0.108. The first-order chi connectivity index (χ1) is 10.6. The van der Waals surface area contributed by atoms with Crippen molar-refractivity contribution in [2.45, 2.75) is 44.2 Å². The monoisotopic (exact) mass is 304 g/mol. The summed E-state index contributed by atoms with van der Waals surface area (Å²) in [5, 5.41) is 3.64. The summed E-state index contributed by atoms with van der Waals surface area (Å²) in [7, 11) is 3.90. The van der Waals surface area contributed by atoms with Crippen molar-refractivity contribution in [2.75, 3.05) is 33.8 Å². The van der Waals surface area contributed by atoms with Crippen LogP contribution in [-0.2, 0) is 5.54 Å². The number of hydrogen-bond acceptors (Lipinski definition) is 4. The lowest BCUT2D eigenvalue weighted by Gasteiger charge is -2.33. The fourth-order valence-electron chi connectivity index (χ4n) is 3.63. The van der Waals surface area contributed by atoms with Gasteiger partial charge in [0.15, 0.2) is 11.5 Å². The molecule has 1 aromatic carbocycles. The van der Waals surface area contributed by atoms with E-state index in [2.05, 4.69) is 36.3 Å². The van der Waals surface area contributed by atoms with E-state index in [4.69, 9.17) is 9.47 Å². The number of hydrogen-bond donors (Lipinski definition) is 1. The number of para-hydroxylation sites is 1. The van der Waals surface area contributed by atoms with E-state index in [9.17, 15) is 0 Å². The van der Waals surface area contributed by atoms with Gasteiger partial charge >= 0.3 is 0 Å². The number of methoxy groups -OCH3 is 1. The van der Waals surface area contributed by atoms with Crippen molar-refractivity contribution in [3.63, 3.8) is 0 Å². The van der Waals surface area contributed by atoms with E-state index < -0.39 is 0 Å². The standard InChI is InChI=1S/C18H28N2O2/c1-18(10-5-11-19-18)15-6-4-7-16(21-3)17(15)22-14-8-12-20(2)13-9-14/h4,6-7,14,19H,5,8-13H2,1-3H3. The summed E-state index contributed by atoms with van der Waals surface area (Å²) in [5.74, 6) is 1.79. The molecule has 2 saturated heterocycles. The number of piperidine rings is 1. The molecule has 0 aromatic heterocycles. The van der Waals surface area contributed by atoms with Crippen LogP contribution < -0.4 is 14.8 Å². The number of nitrogens with zero attached hydrogens (tertiary/aromatic N) is 1. The molecule has 1 N–H and O–H groups in total. The number of benzene rings is 1. The molecule has 2 heterocycles. The molecule has 1 aromatic rings. The van der Waals surface area contributed by atoms with Gasteiger partial charge in [0.2, 0.25) is 0 Å². The van der Waals surface area contributed by atoms with Gasteiger partial charge in [0.25, 0.3) is 0 Å². The second kappa shape index (κ2) is 6.47. The summed E-state index contributed by atoms with van der Waals surface area (Å²) in [5.41, 5.74) is 1.23. The maximum atomic E-state index is 6.44. The second-order valence-corrected chi connectivity index (χ2v) is 6.82. The minimum Gasteiger partial charge on any atom is -0.493 e. The summed E-state index contributed by atoms with van der Waals surface area (Å²) in [4.78, 5) is 2.36. The molecular formula is C18H28N2O2. The smallest absolute Gasteiger partial charge is 0.166 e. The van der Waals surface area contributed by atoms with E-state index in [-0.39, 0.29) is 11.6 Å². The highest BCUT2D eigenvalue weighted by molar-refractivity contribution is 5.50. The predicted molar refractivity (Wildman–Crippen MR) is 88.7 cm³/mol. The topological polar surface area (TPSA) is 33.7 Å². The number of nitrogens with one attached hydrogen (secondary N) is 1. The Labute approximate surface area is 133 Å². The minimum absolute atomic E-state index is 0.00463. The van der Waals surface area contributed by atoms with E-state index >= 15 is 0 Å². The first-order valence-electron chi connectivity index (χ1n) is 8.40. The van der Waals surface area contributed by atoms with Crippen LogP contribution in [0, 0.1) is 0 Å². The van der Waals surface area contributed by atoms with Gasteiger partial charge in [-0.05, 0) is 52.3 Å². The molecule has 1 atom stereocenters. The highest BCUT2D eigenvalue weighted by atomic mass is 16.5. The summed E-state index contributed by atoms with van der Waals surface area (Å²) in [6, 6.07) is 6.26. The van der Waals surface area contributed by atoms with Crippen LogP contribution in [0.2, 0.25) is 0 Å². The third-order valence-corrected chi connectivity index (χ3v) is 5.11. The van der Waals surface area contributed by atoms with E-state index in [1.807, 2.05) is 6.07 Å². The van der Waals surface area contributed by atoms with Crippen LogP contribution in [-0.4, -0.2) is 44.8 Å². The Morgan fingerprint density at radius 1 is 1.27 bits per heavy atom. The highest BCUT2D eigenvalue weighted by Crippen LogP contribution is 2.42. The molecular weight excluding hydrogens is 276 g/mol. The van der Waals surface area contributed by atoms with E-state index in [1.165, 1.54) is 12.0 Å². The molecule has 122 valence electrons. The van der Waals surface area contributed by atoms with E-state index in [0.29, 0.717) is 0 Å². The summed E-state index contributed by atoms with van der Waals surface area (Å²) in [6.45, 7) is 5.55. The zero-order valence-electron chi connectivity index (χ0n) is 14.0. The molecule has 2 aliphatic rings. The van der Waals surface area contributed by atoms with Crippen molar-refractivity contribution in [1.29, 1.82) is 0 Å². The van der Waals surface area contributed by atoms with Gasteiger partial charge in [0.05, 0.1) is 7.11 Å². The molecule has 22 heavy (non-hydrogen) atoms. The van der Waals surface area contributed by atoms with Crippen molar-refractivity contribution >= 4 is 0 Å². The fraction of sp³-hybridized carbons (Fsp3) is 0.667. The lowest BCUT2D eigenvalue weighted by atomic mass is 9.89. The number of ether oxygens (including phenoxy) is 2. The van der Waals surface area contributed by atoms with Gasteiger partial charge in [0.1, 0.15) is 6.10 Å². The van der Waals surface area contributed by atoms with E-state index in [1.54, 1.807) is 7.11 Å². The molecule has 4 heteroatoms. The summed E-state index contributed by atoms with van der Waals surface area (Å²) in [6.07, 6.45) is 4.80. The van der Waals surface area contributed by atoms with Gasteiger partial charge in [0, 0.05) is 24.2 Å². The van der Waals surface area contributed by atoms with Crippen molar-refractivity contribution < 1.29 is 9.47 Å². The average Bonchev–Trinajstić information content (AvgIpc) is 2.97. The first kappa shape index (κ1) is 15.6. The van der Waals surface area contributed by atoms with E-state index in [0.717, 1.165) is 50.4 Å². The quantitative estimate of drug-likeness (QED) is 0.927. The molecule has 1 unspecified atom stereocenters. The SMILES string of the molecule is COc1cccc(C2(C)CCCN2)c1OC1CCN(C)CC1. The third-order valence-electron chi connectivity index (χ3n) is 5.11.